The molecule has 0 N–H and O–H groups in total. The molecule has 0 radical (unpaired) electrons. The van der Waals surface area contributed by atoms with Crippen molar-refractivity contribution in [2.24, 2.45) is 0 Å². The van der Waals surface area contributed by atoms with Crippen molar-refractivity contribution >= 4 is 10.9 Å². The molecule has 26 heavy (non-hydrogen) atoms. The molecular weight excluding hydrogens is 314 g/mol. The first-order valence-corrected chi connectivity index (χ1v) is 8.42. The second-order valence-corrected chi connectivity index (χ2v) is 5.79. The zero-order valence-electron chi connectivity index (χ0n) is 14.1. The van der Waals surface area contributed by atoms with Gasteiger partial charge in [-0.25, -0.2) is 0 Å². The standard InChI is InChI=1S/C25H15N/c1-3-8-20(9-4-1)13-15-22-17-18-23(25-24(22)12-7-19-26-25)16-14-21-10-5-2-6-11-21/h1-12,17-19H. The predicted octanol–water partition coefficient (Wildman–Crippen LogP) is 5.03. The van der Waals surface area contributed by atoms with E-state index in [9.17, 15) is 0 Å². The second kappa shape index (κ2) is 7.39. The van der Waals surface area contributed by atoms with E-state index in [1.54, 1.807) is 6.20 Å². The first kappa shape index (κ1) is 15.7. The average Bonchev–Trinajstić information content (AvgIpc) is 2.72. The highest BCUT2D eigenvalue weighted by atomic mass is 14.6. The molecule has 0 atom stereocenters. The summed E-state index contributed by atoms with van der Waals surface area (Å²) in [5.41, 5.74) is 4.75. The van der Waals surface area contributed by atoms with Gasteiger partial charge in [0.2, 0.25) is 0 Å². The third-order valence-electron chi connectivity index (χ3n) is 4.00. The molecule has 3 aromatic carbocycles. The van der Waals surface area contributed by atoms with Gasteiger partial charge in [-0.05, 0) is 48.5 Å². The summed E-state index contributed by atoms with van der Waals surface area (Å²) in [5, 5.41) is 1.02. The van der Waals surface area contributed by atoms with E-state index < -0.39 is 0 Å². The molecule has 120 valence electrons. The van der Waals surface area contributed by atoms with Gasteiger partial charge in [0.25, 0.3) is 0 Å². The van der Waals surface area contributed by atoms with Crippen molar-refractivity contribution in [3.05, 3.63) is 113 Å². The molecule has 4 rings (SSSR count). The third-order valence-corrected chi connectivity index (χ3v) is 4.00. The zero-order chi connectivity index (χ0) is 17.6. The van der Waals surface area contributed by atoms with Gasteiger partial charge in [0, 0.05) is 28.3 Å². The van der Waals surface area contributed by atoms with Crippen molar-refractivity contribution in [1.29, 1.82) is 0 Å². The van der Waals surface area contributed by atoms with E-state index in [-0.39, 0.29) is 0 Å². The van der Waals surface area contributed by atoms with Gasteiger partial charge in [-0.2, -0.15) is 0 Å². The number of benzene rings is 3. The maximum Gasteiger partial charge on any atom is 0.0870 e. The molecule has 0 aliphatic carbocycles. The van der Waals surface area contributed by atoms with Crippen molar-refractivity contribution in [3.63, 3.8) is 0 Å². The highest BCUT2D eigenvalue weighted by Crippen LogP contribution is 2.20. The molecule has 0 amide bonds. The van der Waals surface area contributed by atoms with Crippen LogP contribution in [0.1, 0.15) is 22.3 Å². The van der Waals surface area contributed by atoms with Gasteiger partial charge in [-0.1, -0.05) is 60.1 Å². The third kappa shape index (κ3) is 3.48. The zero-order valence-corrected chi connectivity index (χ0v) is 14.1. The average molecular weight is 329 g/mol. The fourth-order valence-electron chi connectivity index (χ4n) is 2.70. The van der Waals surface area contributed by atoms with E-state index in [1.165, 1.54) is 0 Å². The number of rotatable bonds is 0. The van der Waals surface area contributed by atoms with Crippen molar-refractivity contribution < 1.29 is 0 Å². The van der Waals surface area contributed by atoms with Crippen LogP contribution in [0, 0.1) is 23.7 Å². The number of hydrogen-bond acceptors (Lipinski definition) is 1. The Morgan fingerprint density at radius 3 is 1.73 bits per heavy atom. The topological polar surface area (TPSA) is 12.9 Å². The van der Waals surface area contributed by atoms with E-state index >= 15 is 0 Å². The van der Waals surface area contributed by atoms with Gasteiger partial charge in [-0.15, -0.1) is 0 Å². The van der Waals surface area contributed by atoms with E-state index in [0.29, 0.717) is 0 Å². The van der Waals surface area contributed by atoms with Crippen molar-refractivity contribution in [2.45, 2.75) is 0 Å². The molecule has 1 nitrogen and oxygen atoms in total. The smallest absolute Gasteiger partial charge is 0.0870 e. The molecule has 0 aliphatic heterocycles. The molecule has 4 aromatic rings. The van der Waals surface area contributed by atoms with E-state index in [1.807, 2.05) is 84.9 Å². The van der Waals surface area contributed by atoms with Gasteiger partial charge in [0.05, 0.1) is 11.1 Å². The van der Waals surface area contributed by atoms with Crippen LogP contribution in [0.2, 0.25) is 0 Å². The van der Waals surface area contributed by atoms with Crippen LogP contribution in [0.15, 0.2) is 91.1 Å². The Morgan fingerprint density at radius 2 is 1.08 bits per heavy atom. The summed E-state index contributed by atoms with van der Waals surface area (Å²) < 4.78 is 0. The molecular formula is C25H15N. The van der Waals surface area contributed by atoms with Crippen LogP contribution in [0.4, 0.5) is 0 Å². The summed E-state index contributed by atoms with van der Waals surface area (Å²) in [6, 6.07) is 28.0. The van der Waals surface area contributed by atoms with Gasteiger partial charge < -0.3 is 0 Å². The minimum atomic E-state index is 0.885. The quantitative estimate of drug-likeness (QED) is 0.412. The van der Waals surface area contributed by atoms with Crippen molar-refractivity contribution in [2.75, 3.05) is 0 Å². The fourth-order valence-corrected chi connectivity index (χ4v) is 2.70. The SMILES string of the molecule is C(#Cc1ccc(C#Cc2ccccc2)c2ncccc12)c1ccccc1. The Kier molecular flexibility index (Phi) is 4.46. The summed E-state index contributed by atoms with van der Waals surface area (Å²) >= 11 is 0. The van der Waals surface area contributed by atoms with Crippen LogP contribution in [0.3, 0.4) is 0 Å². The second-order valence-electron chi connectivity index (χ2n) is 5.79. The predicted molar refractivity (Wildman–Crippen MR) is 107 cm³/mol. The summed E-state index contributed by atoms with van der Waals surface area (Å²) in [6.45, 7) is 0. The first-order chi connectivity index (χ1) is 12.9. The fraction of sp³-hybridized carbons (Fsp3) is 0. The Labute approximate surface area is 153 Å². The van der Waals surface area contributed by atoms with Crippen molar-refractivity contribution in [1.82, 2.24) is 4.98 Å². The number of nitrogens with zero attached hydrogens (tertiary/aromatic N) is 1. The van der Waals surface area contributed by atoms with E-state index in [2.05, 4.69) is 28.7 Å². The molecule has 1 aromatic heterocycles. The summed E-state index contributed by atoms with van der Waals surface area (Å²) in [4.78, 5) is 4.54. The van der Waals surface area contributed by atoms with Gasteiger partial charge >= 0.3 is 0 Å². The Morgan fingerprint density at radius 1 is 0.500 bits per heavy atom. The van der Waals surface area contributed by atoms with Crippen molar-refractivity contribution in [3.8, 4) is 23.7 Å². The Hall–Kier alpha value is -3.81. The van der Waals surface area contributed by atoms with Crippen LogP contribution in [0.25, 0.3) is 10.9 Å². The summed E-state index contributed by atoms with van der Waals surface area (Å²) in [6.07, 6.45) is 1.80. The van der Waals surface area contributed by atoms with E-state index in [0.717, 1.165) is 33.2 Å². The number of fused-ring (bicyclic) bond motifs is 1. The molecule has 0 fully saturated rings. The molecule has 1 heterocycles. The minimum absolute atomic E-state index is 0.885. The van der Waals surface area contributed by atoms with Crippen LogP contribution in [-0.2, 0) is 0 Å². The lowest BCUT2D eigenvalue weighted by Gasteiger charge is -2.02. The molecule has 1 heteroatoms. The van der Waals surface area contributed by atoms with Gasteiger partial charge in [-0.3, -0.25) is 4.98 Å². The first-order valence-electron chi connectivity index (χ1n) is 8.42. The van der Waals surface area contributed by atoms with Gasteiger partial charge in [0.15, 0.2) is 0 Å². The molecule has 0 saturated carbocycles. The maximum absolute atomic E-state index is 4.54. The molecule has 0 aliphatic rings. The summed E-state index contributed by atoms with van der Waals surface area (Å²) in [5.74, 6) is 12.9. The molecule has 0 bridgehead atoms. The van der Waals surface area contributed by atoms with Crippen LogP contribution in [0.5, 0.6) is 0 Å². The largest absolute Gasteiger partial charge is 0.255 e. The molecule has 0 saturated heterocycles. The van der Waals surface area contributed by atoms with Crippen LogP contribution in [-0.4, -0.2) is 4.98 Å². The van der Waals surface area contributed by atoms with Gasteiger partial charge in [0.1, 0.15) is 0 Å². The molecule has 0 spiro atoms. The highest BCUT2D eigenvalue weighted by molar-refractivity contribution is 5.89. The number of pyridine rings is 1. The summed E-state index contributed by atoms with van der Waals surface area (Å²) in [7, 11) is 0. The monoisotopic (exact) mass is 329 g/mol. The lowest BCUT2D eigenvalue weighted by molar-refractivity contribution is 1.40. The number of aromatic nitrogens is 1. The maximum atomic E-state index is 4.54. The Bertz CT molecular complexity index is 1070. The molecule has 0 unspecified atom stereocenters. The van der Waals surface area contributed by atoms with E-state index in [4.69, 9.17) is 0 Å². The highest BCUT2D eigenvalue weighted by Gasteiger charge is 2.04. The lowest BCUT2D eigenvalue weighted by atomic mass is 10.0. The minimum Gasteiger partial charge on any atom is -0.255 e. The number of hydrogen-bond donors (Lipinski definition) is 0. The van der Waals surface area contributed by atoms with Crippen LogP contribution < -0.4 is 0 Å². The normalized spacial score (nSPS) is 9.69. The Balaban J connectivity index is 1.77. The van der Waals surface area contributed by atoms with Crippen LogP contribution >= 0.6 is 0 Å². The lowest BCUT2D eigenvalue weighted by Crippen LogP contribution is -1.88.